The lowest BCUT2D eigenvalue weighted by atomic mass is 10.2. The van der Waals surface area contributed by atoms with Crippen LogP contribution in [0.2, 0.25) is 0 Å². The summed E-state index contributed by atoms with van der Waals surface area (Å²) in [6.45, 7) is 2.64. The predicted octanol–water partition coefficient (Wildman–Crippen LogP) is 4.61. The molecule has 1 aliphatic heterocycles. The Hall–Kier alpha value is -3.63. The van der Waals surface area contributed by atoms with Gasteiger partial charge in [-0.25, -0.2) is 4.98 Å². The van der Waals surface area contributed by atoms with Crippen molar-refractivity contribution in [3.05, 3.63) is 70.1 Å². The van der Waals surface area contributed by atoms with Gasteiger partial charge >= 0.3 is 0 Å². The average Bonchev–Trinajstić information content (AvgIpc) is 3.45. The Morgan fingerprint density at radius 1 is 1.14 bits per heavy atom. The second kappa shape index (κ2) is 11.9. The van der Waals surface area contributed by atoms with Gasteiger partial charge in [0.2, 0.25) is 5.91 Å². The largest absolute Gasteiger partial charge is 0.493 e. The second-order valence-electron chi connectivity index (χ2n) is 7.71. The fraction of sp³-hybridized carbons (Fsp3) is 0.231. The fourth-order valence-electron chi connectivity index (χ4n) is 3.53. The van der Waals surface area contributed by atoms with E-state index in [1.54, 1.807) is 31.4 Å². The lowest BCUT2D eigenvalue weighted by molar-refractivity contribution is -0.124. The van der Waals surface area contributed by atoms with Crippen molar-refractivity contribution in [3.63, 3.8) is 0 Å². The molecule has 0 spiro atoms. The Morgan fingerprint density at radius 2 is 1.94 bits per heavy atom. The molecule has 2 heterocycles. The molecule has 2 aromatic carbocycles. The first-order valence-corrected chi connectivity index (χ1v) is 13.0. The first-order chi connectivity index (χ1) is 17.5. The second-order valence-corrected chi connectivity index (χ2v) is 9.56. The van der Waals surface area contributed by atoms with E-state index in [1.807, 2.05) is 42.6 Å². The maximum atomic E-state index is 12.8. The number of aromatic nitrogens is 1. The van der Waals surface area contributed by atoms with Crippen molar-refractivity contribution >= 4 is 46.2 Å². The van der Waals surface area contributed by atoms with E-state index in [4.69, 9.17) is 9.47 Å². The Kier molecular flexibility index (Phi) is 8.40. The molecule has 3 aromatic rings. The summed E-state index contributed by atoms with van der Waals surface area (Å²) in [6, 6.07) is 15.1. The molecule has 1 saturated heterocycles. The quantitative estimate of drug-likeness (QED) is 0.388. The van der Waals surface area contributed by atoms with Gasteiger partial charge in [0, 0.05) is 24.0 Å². The van der Waals surface area contributed by atoms with E-state index in [0.29, 0.717) is 34.3 Å². The van der Waals surface area contributed by atoms with Crippen LogP contribution in [0.3, 0.4) is 0 Å². The van der Waals surface area contributed by atoms with Crippen molar-refractivity contribution < 1.29 is 23.9 Å². The molecule has 0 saturated carbocycles. The molecular formula is C26H25N3O5S2. The van der Waals surface area contributed by atoms with Gasteiger partial charge in [-0.2, -0.15) is 0 Å². The maximum Gasteiger partial charge on any atom is 0.293 e. The van der Waals surface area contributed by atoms with Crippen molar-refractivity contribution in [1.29, 1.82) is 0 Å². The normalized spacial score (nSPS) is 14.4. The van der Waals surface area contributed by atoms with Crippen molar-refractivity contribution in [2.45, 2.75) is 13.3 Å². The van der Waals surface area contributed by atoms with Crippen LogP contribution in [0, 0.1) is 0 Å². The Morgan fingerprint density at radius 3 is 2.69 bits per heavy atom. The number of ether oxygens (including phenoxy) is 2. The van der Waals surface area contributed by atoms with Crippen molar-refractivity contribution in [2.75, 3.05) is 26.8 Å². The van der Waals surface area contributed by atoms with Gasteiger partial charge in [0.25, 0.3) is 11.1 Å². The minimum atomic E-state index is -0.390. The molecule has 3 amide bonds. The topological polar surface area (TPSA) is 97.8 Å². The maximum absolute atomic E-state index is 12.8. The molecule has 0 atom stereocenters. The zero-order valence-electron chi connectivity index (χ0n) is 19.9. The fourth-order valence-corrected chi connectivity index (χ4v) is 5.22. The number of hydrogen-bond acceptors (Lipinski definition) is 8. The van der Waals surface area contributed by atoms with Crippen LogP contribution >= 0.6 is 23.1 Å². The number of imide groups is 1. The van der Waals surface area contributed by atoms with Gasteiger partial charge in [-0.3, -0.25) is 19.3 Å². The summed E-state index contributed by atoms with van der Waals surface area (Å²) in [4.78, 5) is 43.5. The van der Waals surface area contributed by atoms with Gasteiger partial charge in [-0.05, 0) is 42.5 Å². The van der Waals surface area contributed by atoms with E-state index < -0.39 is 0 Å². The number of rotatable bonds is 10. The summed E-state index contributed by atoms with van der Waals surface area (Å²) in [7, 11) is 1.54. The van der Waals surface area contributed by atoms with Gasteiger partial charge in [0.05, 0.1) is 30.7 Å². The third-order valence-corrected chi connectivity index (χ3v) is 7.08. The molecule has 4 rings (SSSR count). The number of carbonyl (C=O) groups is 3. The molecule has 0 radical (unpaired) electrons. The smallest absolute Gasteiger partial charge is 0.293 e. The Balaban J connectivity index is 1.30. The Bertz CT molecular complexity index is 1290. The molecule has 1 aliphatic rings. The van der Waals surface area contributed by atoms with E-state index >= 15 is 0 Å². The number of benzene rings is 2. The van der Waals surface area contributed by atoms with E-state index in [0.717, 1.165) is 27.2 Å². The zero-order valence-corrected chi connectivity index (χ0v) is 21.5. The number of methoxy groups -OCH3 is 1. The lowest BCUT2D eigenvalue weighted by Crippen LogP contribution is -2.37. The third-order valence-electron chi connectivity index (χ3n) is 5.23. The molecule has 8 nitrogen and oxygen atoms in total. The zero-order chi connectivity index (χ0) is 25.5. The van der Waals surface area contributed by atoms with Gasteiger partial charge in [-0.1, -0.05) is 36.4 Å². The van der Waals surface area contributed by atoms with Crippen LogP contribution in [0.4, 0.5) is 4.79 Å². The molecule has 36 heavy (non-hydrogen) atoms. The number of carbonyl (C=O) groups excluding carboxylic acids is 3. The van der Waals surface area contributed by atoms with Crippen LogP contribution in [-0.2, 0) is 16.0 Å². The van der Waals surface area contributed by atoms with Crippen LogP contribution in [0.5, 0.6) is 11.5 Å². The highest BCUT2D eigenvalue weighted by Gasteiger charge is 2.34. The highest BCUT2D eigenvalue weighted by Crippen LogP contribution is 2.34. The third kappa shape index (κ3) is 6.13. The molecule has 1 fully saturated rings. The standard InChI is InChI=1S/C26H25N3O5S2/c1-3-34-20-10-9-17(13-21(20)33-2)14-22-25(31)29(26(32)36-22)12-11-27-23(30)15-19-16-35-24(28-19)18-7-5-4-6-8-18/h4-10,13-14,16H,3,11-12,15H2,1-2H3,(H,27,30). The minimum Gasteiger partial charge on any atom is -0.493 e. The summed E-state index contributed by atoms with van der Waals surface area (Å²) < 4.78 is 10.9. The summed E-state index contributed by atoms with van der Waals surface area (Å²) in [5.74, 6) is 0.543. The van der Waals surface area contributed by atoms with Gasteiger partial charge in [-0.15, -0.1) is 11.3 Å². The van der Waals surface area contributed by atoms with Crippen molar-refractivity contribution in [1.82, 2.24) is 15.2 Å². The number of nitrogens with one attached hydrogen (secondary N) is 1. The van der Waals surface area contributed by atoms with Crippen LogP contribution in [0.1, 0.15) is 18.2 Å². The van der Waals surface area contributed by atoms with Crippen LogP contribution in [0.15, 0.2) is 58.8 Å². The number of thiazole rings is 1. The monoisotopic (exact) mass is 523 g/mol. The average molecular weight is 524 g/mol. The molecule has 1 aromatic heterocycles. The number of nitrogens with zero attached hydrogens (tertiary/aromatic N) is 2. The van der Waals surface area contributed by atoms with Crippen LogP contribution < -0.4 is 14.8 Å². The van der Waals surface area contributed by atoms with E-state index in [2.05, 4.69) is 10.3 Å². The molecule has 1 N–H and O–H groups in total. The predicted molar refractivity (Wildman–Crippen MR) is 141 cm³/mol. The summed E-state index contributed by atoms with van der Waals surface area (Å²) >= 11 is 2.35. The SMILES string of the molecule is CCOc1ccc(C=C2SC(=O)N(CCNC(=O)Cc3csc(-c4ccccc4)n3)C2=O)cc1OC. The van der Waals surface area contributed by atoms with E-state index in [9.17, 15) is 14.4 Å². The Labute approximate surface area is 217 Å². The number of thioether (sulfide) groups is 1. The van der Waals surface area contributed by atoms with Crippen molar-refractivity contribution in [2.24, 2.45) is 0 Å². The number of amides is 3. The van der Waals surface area contributed by atoms with E-state index in [1.165, 1.54) is 11.3 Å². The minimum absolute atomic E-state index is 0.0900. The molecular weight excluding hydrogens is 498 g/mol. The van der Waals surface area contributed by atoms with Gasteiger partial charge in [0.15, 0.2) is 11.5 Å². The first-order valence-electron chi connectivity index (χ1n) is 11.3. The molecule has 186 valence electrons. The van der Waals surface area contributed by atoms with Gasteiger partial charge < -0.3 is 14.8 Å². The van der Waals surface area contributed by atoms with Gasteiger partial charge in [0.1, 0.15) is 5.01 Å². The van der Waals surface area contributed by atoms with Crippen LogP contribution in [0.25, 0.3) is 16.6 Å². The summed E-state index contributed by atoms with van der Waals surface area (Å²) in [6.07, 6.45) is 1.78. The highest BCUT2D eigenvalue weighted by molar-refractivity contribution is 8.18. The molecule has 0 unspecified atom stereocenters. The first kappa shape index (κ1) is 25.5. The summed E-state index contributed by atoms with van der Waals surface area (Å²) in [5, 5.41) is 5.11. The molecule has 10 heteroatoms. The summed E-state index contributed by atoms with van der Waals surface area (Å²) in [5.41, 5.74) is 2.40. The highest BCUT2D eigenvalue weighted by atomic mass is 32.2. The molecule has 0 bridgehead atoms. The lowest BCUT2D eigenvalue weighted by Gasteiger charge is -2.13. The van der Waals surface area contributed by atoms with Crippen molar-refractivity contribution in [3.8, 4) is 22.1 Å². The number of hydrogen-bond donors (Lipinski definition) is 1. The van der Waals surface area contributed by atoms with E-state index in [-0.39, 0.29) is 36.6 Å². The molecule has 0 aliphatic carbocycles. The van der Waals surface area contributed by atoms with Crippen LogP contribution in [-0.4, -0.2) is 53.7 Å².